The van der Waals surface area contributed by atoms with Crippen molar-refractivity contribution in [2.75, 3.05) is 4.90 Å². The summed E-state index contributed by atoms with van der Waals surface area (Å²) < 4.78 is 4.10. The molecule has 0 unspecified atom stereocenters. The van der Waals surface area contributed by atoms with Gasteiger partial charge in [0.1, 0.15) is 16.9 Å². The van der Waals surface area contributed by atoms with E-state index in [-0.39, 0.29) is 11.8 Å². The zero-order valence-electron chi connectivity index (χ0n) is 33.2. The van der Waals surface area contributed by atoms with E-state index in [0.717, 1.165) is 63.1 Å². The smallest absolute Gasteiger partial charge is 0.266 e. The molecule has 2 amide bonds. The number of imidazole rings is 1. The second-order valence-corrected chi connectivity index (χ2v) is 15.5. The molecule has 3 heterocycles. The Kier molecular flexibility index (Phi) is 9.66. The summed E-state index contributed by atoms with van der Waals surface area (Å²) in [7, 11) is 0. The van der Waals surface area contributed by atoms with Crippen molar-refractivity contribution >= 4 is 40.1 Å². The third-order valence-corrected chi connectivity index (χ3v) is 11.8. The molecule has 61 heavy (non-hydrogen) atoms. The fourth-order valence-corrected chi connectivity index (χ4v) is 9.00. The van der Waals surface area contributed by atoms with Crippen LogP contribution in [0.1, 0.15) is 62.1 Å². The van der Waals surface area contributed by atoms with Crippen LogP contribution in [0.2, 0.25) is 5.02 Å². The summed E-state index contributed by atoms with van der Waals surface area (Å²) in [5.41, 5.74) is 8.63. The van der Waals surface area contributed by atoms with Gasteiger partial charge >= 0.3 is 0 Å². The van der Waals surface area contributed by atoms with Gasteiger partial charge in [0.15, 0.2) is 5.82 Å². The molecular weight excluding hydrogens is 778 g/mol. The van der Waals surface area contributed by atoms with E-state index in [1.54, 1.807) is 30.3 Å². The number of hydrogen-bond acceptors (Lipinski definition) is 6. The summed E-state index contributed by atoms with van der Waals surface area (Å²) in [6.45, 7) is 2.61. The van der Waals surface area contributed by atoms with Crippen LogP contribution < -0.4 is 4.90 Å². The van der Waals surface area contributed by atoms with E-state index >= 15 is 0 Å². The zero-order chi connectivity index (χ0) is 41.5. The first kappa shape index (κ1) is 37.8. The Morgan fingerprint density at radius 2 is 1.13 bits per heavy atom. The number of aromatic nitrogens is 6. The lowest BCUT2D eigenvalue weighted by Gasteiger charge is -2.36. The number of carbonyl (C=O) groups is 2. The monoisotopic (exact) mass is 815 g/mol. The van der Waals surface area contributed by atoms with Crippen LogP contribution in [0, 0.1) is 0 Å². The SMILES string of the molecule is CCCc1nc2c(Cl)cc(N3C(=O)c4ccccc4C3=O)cc2n1Cc1ccc(-c2ccccc2-c2nnnn2C(c2ccccc2)(c2ccccc2)c2ccccc2)cc1. The maximum Gasteiger partial charge on any atom is 0.266 e. The highest BCUT2D eigenvalue weighted by molar-refractivity contribution is 6.37. The predicted octanol–water partition coefficient (Wildman–Crippen LogP) is 10.7. The number of carbonyl (C=O) groups excluding carboxylic acids is 2. The van der Waals surface area contributed by atoms with Crippen molar-refractivity contribution in [3.05, 3.63) is 220 Å². The van der Waals surface area contributed by atoms with Gasteiger partial charge < -0.3 is 4.57 Å². The number of hydrogen-bond donors (Lipinski definition) is 0. The lowest BCUT2D eigenvalue weighted by atomic mass is 9.77. The van der Waals surface area contributed by atoms with Gasteiger partial charge in [-0.05, 0) is 74.5 Å². The van der Waals surface area contributed by atoms with Crippen molar-refractivity contribution in [1.82, 2.24) is 29.8 Å². The summed E-state index contributed by atoms with van der Waals surface area (Å²) in [5, 5.41) is 14.2. The number of anilines is 1. The van der Waals surface area contributed by atoms with Crippen LogP contribution in [0.5, 0.6) is 0 Å². The molecule has 10 rings (SSSR count). The highest BCUT2D eigenvalue weighted by Crippen LogP contribution is 2.43. The van der Waals surface area contributed by atoms with Gasteiger partial charge in [-0.3, -0.25) is 9.59 Å². The van der Waals surface area contributed by atoms with Gasteiger partial charge in [0.25, 0.3) is 11.8 Å². The summed E-state index contributed by atoms with van der Waals surface area (Å²) in [6, 6.07) is 58.2. The van der Waals surface area contributed by atoms with Gasteiger partial charge in [0, 0.05) is 18.5 Å². The molecule has 0 atom stereocenters. The largest absolute Gasteiger partial charge is 0.323 e. The average molecular weight is 816 g/mol. The summed E-state index contributed by atoms with van der Waals surface area (Å²) in [4.78, 5) is 33.1. The van der Waals surface area contributed by atoms with Gasteiger partial charge in [-0.1, -0.05) is 170 Å². The van der Waals surface area contributed by atoms with Crippen molar-refractivity contribution in [3.8, 4) is 22.5 Å². The van der Waals surface area contributed by atoms with Gasteiger partial charge in [-0.25, -0.2) is 14.6 Å². The first-order chi connectivity index (χ1) is 30.0. The molecule has 0 saturated carbocycles. The van der Waals surface area contributed by atoms with E-state index < -0.39 is 5.54 Å². The first-order valence-corrected chi connectivity index (χ1v) is 20.7. The number of aryl methyl sites for hydroxylation is 1. The van der Waals surface area contributed by atoms with Gasteiger partial charge in [0.05, 0.1) is 27.4 Å². The molecule has 9 nitrogen and oxygen atoms in total. The van der Waals surface area contributed by atoms with Crippen LogP contribution >= 0.6 is 11.6 Å². The van der Waals surface area contributed by atoms with Gasteiger partial charge in [0.2, 0.25) is 0 Å². The minimum absolute atomic E-state index is 0.369. The second kappa shape index (κ2) is 15.6. The van der Waals surface area contributed by atoms with Gasteiger partial charge in [-0.2, -0.15) is 0 Å². The van der Waals surface area contributed by atoms with Crippen molar-refractivity contribution in [3.63, 3.8) is 0 Å². The van der Waals surface area contributed by atoms with E-state index in [2.05, 4.69) is 126 Å². The zero-order valence-corrected chi connectivity index (χ0v) is 33.9. The van der Waals surface area contributed by atoms with E-state index in [4.69, 9.17) is 26.9 Å². The molecule has 1 aliphatic rings. The fraction of sp³-hybridized carbons (Fsp3) is 0.0980. The Morgan fingerprint density at radius 1 is 0.607 bits per heavy atom. The molecule has 0 N–H and O–H groups in total. The van der Waals surface area contributed by atoms with Crippen molar-refractivity contribution in [2.24, 2.45) is 0 Å². The standard InChI is InChI=1S/C51H38ClN7O2/c1-2-16-46-53-47-44(52)31-39(58-49(60)42-25-14-15-26-43(42)50(58)61)32-45(47)57(46)33-34-27-29-35(30-28-34)40-23-12-13-24-41(40)48-54-55-56-59(48)51(36-17-6-3-7-18-36,37-19-8-4-9-20-37)38-21-10-5-11-22-38/h3-15,17-32H,2,16,33H2,1H3. The second-order valence-electron chi connectivity index (χ2n) is 15.1. The molecule has 0 spiro atoms. The number of halogens is 1. The van der Waals surface area contributed by atoms with Crippen LogP contribution in [0.15, 0.2) is 176 Å². The van der Waals surface area contributed by atoms with E-state index in [0.29, 0.717) is 39.7 Å². The molecule has 1 aliphatic heterocycles. The van der Waals surface area contributed by atoms with Crippen molar-refractivity contribution < 1.29 is 9.59 Å². The topological polar surface area (TPSA) is 98.8 Å². The number of amides is 2. The molecule has 7 aromatic carbocycles. The third kappa shape index (κ3) is 6.33. The van der Waals surface area contributed by atoms with Crippen LogP contribution in [0.3, 0.4) is 0 Å². The molecular formula is C51H38ClN7O2. The number of tetrazole rings is 1. The normalized spacial score (nSPS) is 12.7. The minimum Gasteiger partial charge on any atom is -0.323 e. The Morgan fingerprint density at radius 3 is 1.69 bits per heavy atom. The highest BCUT2D eigenvalue weighted by atomic mass is 35.5. The predicted molar refractivity (Wildman–Crippen MR) is 239 cm³/mol. The van der Waals surface area contributed by atoms with Crippen molar-refractivity contribution in [2.45, 2.75) is 31.8 Å². The van der Waals surface area contributed by atoms with Gasteiger partial charge in [-0.15, -0.1) is 5.10 Å². The third-order valence-electron chi connectivity index (χ3n) is 11.5. The summed E-state index contributed by atoms with van der Waals surface area (Å²) in [6.07, 6.45) is 1.60. The van der Waals surface area contributed by atoms with E-state index in [1.165, 1.54) is 4.90 Å². The quantitative estimate of drug-likeness (QED) is 0.0952. The van der Waals surface area contributed by atoms with Crippen LogP contribution in [-0.2, 0) is 18.5 Å². The molecule has 0 bridgehead atoms. The molecule has 0 aliphatic carbocycles. The summed E-state index contributed by atoms with van der Waals surface area (Å²) >= 11 is 6.88. The Bertz CT molecular complexity index is 2940. The minimum atomic E-state index is -0.897. The number of rotatable bonds is 11. The lowest BCUT2D eigenvalue weighted by Crippen LogP contribution is -2.39. The van der Waals surface area contributed by atoms with E-state index in [1.807, 2.05) is 41.1 Å². The van der Waals surface area contributed by atoms with Crippen LogP contribution in [0.4, 0.5) is 5.69 Å². The molecule has 10 heteroatoms. The molecule has 2 aromatic heterocycles. The molecule has 0 radical (unpaired) electrons. The van der Waals surface area contributed by atoms with Crippen LogP contribution in [-0.4, -0.2) is 41.6 Å². The maximum absolute atomic E-state index is 13.5. The Hall–Kier alpha value is -7.49. The van der Waals surface area contributed by atoms with Crippen LogP contribution in [0.25, 0.3) is 33.5 Å². The van der Waals surface area contributed by atoms with E-state index in [9.17, 15) is 9.59 Å². The highest BCUT2D eigenvalue weighted by Gasteiger charge is 2.42. The first-order valence-electron chi connectivity index (χ1n) is 20.3. The average Bonchev–Trinajstić information content (AvgIpc) is 4.00. The van der Waals surface area contributed by atoms with Crippen molar-refractivity contribution in [1.29, 1.82) is 0 Å². The number of imide groups is 1. The Labute approximate surface area is 357 Å². The molecule has 0 fully saturated rings. The maximum atomic E-state index is 13.5. The fourth-order valence-electron chi connectivity index (χ4n) is 8.75. The molecule has 9 aromatic rings. The lowest BCUT2D eigenvalue weighted by molar-refractivity contribution is 0.0926. The molecule has 0 saturated heterocycles. The molecule has 296 valence electrons. The number of benzene rings is 7. The number of fused-ring (bicyclic) bond motifs is 2. The Balaban J connectivity index is 1.04. The summed E-state index contributed by atoms with van der Waals surface area (Å²) in [5.74, 6) is 0.758. The number of nitrogens with zero attached hydrogens (tertiary/aromatic N) is 7.